The van der Waals surface area contributed by atoms with Crippen LogP contribution in [0.25, 0.3) is 11.3 Å². The summed E-state index contributed by atoms with van der Waals surface area (Å²) in [7, 11) is 4.75. The lowest BCUT2D eigenvalue weighted by molar-refractivity contribution is 0.207. The van der Waals surface area contributed by atoms with E-state index in [2.05, 4.69) is 10.1 Å². The Morgan fingerprint density at radius 1 is 1.03 bits per heavy atom. The highest BCUT2D eigenvalue weighted by molar-refractivity contribution is 7.07. The third-order valence-corrected chi connectivity index (χ3v) is 5.24. The van der Waals surface area contributed by atoms with Crippen molar-refractivity contribution in [3.8, 4) is 40.0 Å². The van der Waals surface area contributed by atoms with Crippen LogP contribution in [0.15, 0.2) is 45.8 Å². The van der Waals surface area contributed by atoms with Gasteiger partial charge in [0.25, 0.3) is 0 Å². The van der Waals surface area contributed by atoms with Crippen LogP contribution in [0.3, 0.4) is 0 Å². The summed E-state index contributed by atoms with van der Waals surface area (Å²) in [6.45, 7) is 0.895. The summed E-state index contributed by atoms with van der Waals surface area (Å²) in [5, 5.41) is 35.7. The van der Waals surface area contributed by atoms with Crippen molar-refractivity contribution >= 4 is 17.6 Å². The van der Waals surface area contributed by atoms with E-state index < -0.39 is 17.2 Å². The molecule has 0 atom stereocenters. The molecule has 0 fully saturated rings. The molecule has 0 aliphatic carbocycles. The zero-order valence-electron chi connectivity index (χ0n) is 17.3. The van der Waals surface area contributed by atoms with Crippen LogP contribution in [0.1, 0.15) is 5.56 Å². The van der Waals surface area contributed by atoms with Gasteiger partial charge in [-0.25, -0.2) is 4.68 Å². The molecule has 0 radical (unpaired) electrons. The third-order valence-electron chi connectivity index (χ3n) is 4.39. The number of hydrogen-bond donors (Lipinski definition) is 3. The number of phenols is 3. The predicted octanol–water partition coefficient (Wildman–Crippen LogP) is 2.78. The minimum Gasteiger partial charge on any atom is -0.504 e. The first kappa shape index (κ1) is 22.2. The fourth-order valence-corrected chi connectivity index (χ4v) is 3.61. The van der Waals surface area contributed by atoms with Crippen LogP contribution in [0.5, 0.6) is 28.7 Å². The van der Waals surface area contributed by atoms with Crippen LogP contribution in [0, 0.1) is 0 Å². The minimum atomic E-state index is -0.610. The predicted molar refractivity (Wildman–Crippen MR) is 118 cm³/mol. The lowest BCUT2D eigenvalue weighted by Gasteiger charge is -2.11. The first-order valence-electron chi connectivity index (χ1n) is 9.20. The van der Waals surface area contributed by atoms with E-state index in [-0.39, 0.29) is 5.56 Å². The summed E-state index contributed by atoms with van der Waals surface area (Å²) >= 11 is 1.38. The molecule has 0 spiro atoms. The second-order valence-corrected chi connectivity index (χ2v) is 7.11. The van der Waals surface area contributed by atoms with Crippen LogP contribution >= 0.6 is 11.3 Å². The average Bonchev–Trinajstić information content (AvgIpc) is 3.19. The number of ether oxygens (including phenoxy) is 3. The molecular formula is C21H23N3O6S. The van der Waals surface area contributed by atoms with Gasteiger partial charge >= 0.3 is 0 Å². The fraction of sp³-hybridized carbons (Fsp3) is 0.238. The lowest BCUT2D eigenvalue weighted by atomic mass is 10.1. The molecule has 0 saturated heterocycles. The van der Waals surface area contributed by atoms with E-state index in [0.29, 0.717) is 35.1 Å². The number of aromatic nitrogens is 1. The number of benzene rings is 2. The first-order valence-corrected chi connectivity index (χ1v) is 10.1. The maximum absolute atomic E-state index is 10.1. The van der Waals surface area contributed by atoms with E-state index in [4.69, 9.17) is 14.2 Å². The molecular weight excluding hydrogens is 422 g/mol. The smallest absolute Gasteiger partial charge is 0.206 e. The van der Waals surface area contributed by atoms with Crippen LogP contribution in [0.4, 0.5) is 0 Å². The van der Waals surface area contributed by atoms with Crippen LogP contribution in [-0.4, -0.2) is 60.7 Å². The zero-order chi connectivity index (χ0) is 22.4. The van der Waals surface area contributed by atoms with Crippen LogP contribution < -0.4 is 14.3 Å². The molecule has 0 unspecified atom stereocenters. The molecule has 3 N–H and O–H groups in total. The zero-order valence-corrected chi connectivity index (χ0v) is 18.1. The highest BCUT2D eigenvalue weighted by Crippen LogP contribution is 2.36. The van der Waals surface area contributed by atoms with Crippen LogP contribution in [0.2, 0.25) is 0 Å². The van der Waals surface area contributed by atoms with Gasteiger partial charge in [-0.2, -0.15) is 5.10 Å². The molecule has 31 heavy (non-hydrogen) atoms. The van der Waals surface area contributed by atoms with Crippen molar-refractivity contribution in [2.24, 2.45) is 10.1 Å². The molecule has 1 heterocycles. The second kappa shape index (κ2) is 10.0. The molecule has 2 aromatic carbocycles. The summed E-state index contributed by atoms with van der Waals surface area (Å²) in [5.74, 6) is -0.255. The van der Waals surface area contributed by atoms with Crippen molar-refractivity contribution in [2.75, 3.05) is 34.5 Å². The summed E-state index contributed by atoms with van der Waals surface area (Å²) in [6, 6.07) is 8.15. The Balaban J connectivity index is 2.13. The van der Waals surface area contributed by atoms with Crippen molar-refractivity contribution in [2.45, 2.75) is 0 Å². The van der Waals surface area contributed by atoms with Gasteiger partial charge in [0, 0.05) is 29.7 Å². The summed E-state index contributed by atoms with van der Waals surface area (Å²) in [6.07, 6.45) is 1.37. The monoisotopic (exact) mass is 445 g/mol. The van der Waals surface area contributed by atoms with Crippen LogP contribution in [-0.2, 0) is 4.74 Å². The lowest BCUT2D eigenvalue weighted by Crippen LogP contribution is -2.14. The number of nitrogens with zero attached hydrogens (tertiary/aromatic N) is 3. The highest BCUT2D eigenvalue weighted by Gasteiger charge is 2.14. The average molecular weight is 445 g/mol. The van der Waals surface area contributed by atoms with Crippen molar-refractivity contribution in [3.05, 3.63) is 46.1 Å². The summed E-state index contributed by atoms with van der Waals surface area (Å²) in [4.78, 5) is 5.12. The van der Waals surface area contributed by atoms with Crippen molar-refractivity contribution in [1.82, 2.24) is 4.68 Å². The maximum atomic E-state index is 10.1. The molecule has 0 amide bonds. The van der Waals surface area contributed by atoms with E-state index in [1.807, 2.05) is 17.5 Å². The summed E-state index contributed by atoms with van der Waals surface area (Å²) < 4.78 is 17.5. The molecule has 9 nitrogen and oxygen atoms in total. The topological polar surface area (TPSA) is 118 Å². The van der Waals surface area contributed by atoms with Crippen molar-refractivity contribution < 1.29 is 29.5 Å². The first-order chi connectivity index (χ1) is 15.0. The van der Waals surface area contributed by atoms with Gasteiger partial charge in [-0.1, -0.05) is 0 Å². The standard InChI is InChI=1S/C21H23N3O6S/c1-28-9-8-22-21-24(23-11-13-4-7-17(25)20(27)19(13)26)16(12-31-21)15-6-5-14(29-2)10-18(15)30-3/h4-7,10-12,25-27H,8-9H2,1-3H3/b22-21?,23-11+. The van der Waals surface area contributed by atoms with Crippen molar-refractivity contribution in [3.63, 3.8) is 0 Å². The molecule has 3 aromatic rings. The number of phenolic OH excluding ortho intramolecular Hbond substituents is 3. The number of thiazole rings is 1. The van der Waals surface area contributed by atoms with Gasteiger partial charge in [-0.3, -0.25) is 4.99 Å². The maximum Gasteiger partial charge on any atom is 0.206 e. The minimum absolute atomic E-state index is 0.226. The van der Waals surface area contributed by atoms with Gasteiger partial charge in [0.15, 0.2) is 11.5 Å². The molecule has 0 saturated carbocycles. The Hall–Kier alpha value is -3.50. The highest BCUT2D eigenvalue weighted by atomic mass is 32.1. The van der Waals surface area contributed by atoms with Gasteiger partial charge in [0.1, 0.15) is 11.5 Å². The fourth-order valence-electron chi connectivity index (χ4n) is 2.76. The summed E-state index contributed by atoms with van der Waals surface area (Å²) in [5.41, 5.74) is 1.70. The Morgan fingerprint density at radius 2 is 1.84 bits per heavy atom. The van der Waals surface area contributed by atoms with Gasteiger partial charge in [-0.05, 0) is 24.3 Å². The van der Waals surface area contributed by atoms with Gasteiger partial charge < -0.3 is 29.5 Å². The normalized spacial score (nSPS) is 11.9. The Kier molecular flexibility index (Phi) is 7.16. The number of methoxy groups -OCH3 is 3. The second-order valence-electron chi connectivity index (χ2n) is 6.27. The van der Waals surface area contributed by atoms with E-state index >= 15 is 0 Å². The Bertz CT molecular complexity index is 1150. The SMILES string of the molecule is COCCN=c1scc(-c2ccc(OC)cc2OC)n1/N=C/c1ccc(O)c(O)c1O. The van der Waals surface area contributed by atoms with E-state index in [9.17, 15) is 15.3 Å². The van der Waals surface area contributed by atoms with E-state index in [0.717, 1.165) is 5.56 Å². The number of hydrogen-bond acceptors (Lipinski definition) is 9. The van der Waals surface area contributed by atoms with E-state index in [1.54, 1.807) is 32.1 Å². The molecule has 3 rings (SSSR count). The Labute approximate surface area is 182 Å². The Morgan fingerprint density at radius 3 is 2.55 bits per heavy atom. The van der Waals surface area contributed by atoms with Gasteiger partial charge in [0.05, 0.1) is 39.3 Å². The van der Waals surface area contributed by atoms with Gasteiger partial charge in [-0.15, -0.1) is 11.3 Å². The molecule has 0 aliphatic heterocycles. The molecule has 10 heteroatoms. The molecule has 1 aromatic heterocycles. The van der Waals surface area contributed by atoms with Crippen molar-refractivity contribution in [1.29, 1.82) is 0 Å². The van der Waals surface area contributed by atoms with E-state index in [1.165, 1.54) is 29.7 Å². The number of rotatable bonds is 8. The third kappa shape index (κ3) is 4.81. The van der Waals surface area contributed by atoms with Gasteiger partial charge in [0.2, 0.25) is 10.6 Å². The quantitative estimate of drug-likeness (QED) is 0.279. The molecule has 0 aliphatic rings. The number of aromatic hydroxyl groups is 3. The largest absolute Gasteiger partial charge is 0.504 e. The molecule has 164 valence electrons. The molecule has 0 bridgehead atoms.